The molecule has 3 N–H and O–H groups in total. The van der Waals surface area contributed by atoms with Gasteiger partial charge in [0, 0.05) is 18.5 Å². The van der Waals surface area contributed by atoms with Crippen LogP contribution in [0, 0.1) is 0 Å². The molecule has 1 aromatic heterocycles. The van der Waals surface area contributed by atoms with E-state index >= 15 is 0 Å². The van der Waals surface area contributed by atoms with Crippen molar-refractivity contribution in [1.82, 2.24) is 14.9 Å². The Labute approximate surface area is 181 Å². The van der Waals surface area contributed by atoms with Crippen LogP contribution in [-0.4, -0.2) is 43.9 Å². The van der Waals surface area contributed by atoms with Gasteiger partial charge in [0.2, 0.25) is 0 Å². The van der Waals surface area contributed by atoms with E-state index in [-0.39, 0.29) is 12.6 Å². The monoisotopic (exact) mass is 445 g/mol. The molecule has 0 bridgehead atoms. The number of benzene rings is 1. The van der Waals surface area contributed by atoms with E-state index in [2.05, 4.69) is 26.3 Å². The van der Waals surface area contributed by atoms with E-state index < -0.39 is 16.2 Å². The zero-order valence-electron chi connectivity index (χ0n) is 17.3. The van der Waals surface area contributed by atoms with Gasteiger partial charge >= 0.3 is 16.2 Å². The number of urea groups is 1. The highest BCUT2D eigenvalue weighted by Crippen LogP contribution is 2.38. The molecule has 3 aliphatic rings. The molecule has 0 saturated carbocycles. The first-order valence-corrected chi connectivity index (χ1v) is 12.3. The first-order valence-electron chi connectivity index (χ1n) is 10.9. The minimum Gasteiger partial charge on any atom is -0.376 e. The van der Waals surface area contributed by atoms with Crippen molar-refractivity contribution in [2.24, 2.45) is 0 Å². The van der Waals surface area contributed by atoms with Crippen LogP contribution in [0.25, 0.3) is 0 Å². The number of H-pyrrole nitrogens is 1. The third-order valence-corrected chi connectivity index (χ3v) is 7.77. The minimum atomic E-state index is -4.15. The lowest BCUT2D eigenvalue weighted by Gasteiger charge is -2.25. The first-order chi connectivity index (χ1) is 15.0. The number of hydrogen-bond donors (Lipinski definition) is 3. The summed E-state index contributed by atoms with van der Waals surface area (Å²) in [7, 11) is -4.15. The Kier molecular flexibility index (Phi) is 5.35. The maximum Gasteiger partial charge on any atom is 0.334 e. The molecule has 2 aliphatic carbocycles. The zero-order chi connectivity index (χ0) is 21.4. The molecule has 1 fully saturated rings. The molecule has 2 aromatic rings. The molecule has 0 radical (unpaired) electrons. The van der Waals surface area contributed by atoms with Crippen LogP contribution in [0.5, 0.6) is 0 Å². The van der Waals surface area contributed by atoms with Crippen molar-refractivity contribution in [1.29, 1.82) is 0 Å². The highest BCUT2D eigenvalue weighted by Gasteiger charge is 2.31. The second kappa shape index (κ2) is 8.16. The number of fused-ring (bicyclic) bond motifs is 2. The number of anilines is 2. The summed E-state index contributed by atoms with van der Waals surface area (Å²) in [5.41, 5.74) is 6.02. The Morgan fingerprint density at radius 1 is 1.16 bits per heavy atom. The van der Waals surface area contributed by atoms with Crippen LogP contribution in [0.3, 0.4) is 0 Å². The number of nitrogens with one attached hydrogen (secondary N) is 3. The lowest BCUT2D eigenvalue weighted by Crippen LogP contribution is -2.47. The Balaban J connectivity index is 1.37. The quantitative estimate of drug-likeness (QED) is 0.632. The first kappa shape index (κ1) is 20.3. The number of ether oxygens (including phenoxy) is 1. The third-order valence-electron chi connectivity index (χ3n) is 6.39. The van der Waals surface area contributed by atoms with E-state index in [1.807, 2.05) is 0 Å². The largest absolute Gasteiger partial charge is 0.376 e. The van der Waals surface area contributed by atoms with Gasteiger partial charge in [0.25, 0.3) is 0 Å². The van der Waals surface area contributed by atoms with Gasteiger partial charge in [-0.1, -0.05) is 6.07 Å². The number of aromatic nitrogens is 2. The molecule has 1 aromatic carbocycles. The van der Waals surface area contributed by atoms with Gasteiger partial charge in [-0.15, -0.1) is 0 Å². The molecule has 166 valence electrons. The van der Waals surface area contributed by atoms with Gasteiger partial charge in [-0.3, -0.25) is 5.10 Å². The van der Waals surface area contributed by atoms with Crippen LogP contribution in [0.4, 0.5) is 16.2 Å². The number of carbonyl (C=O) groups is 1. The smallest absolute Gasteiger partial charge is 0.334 e. The molecule has 31 heavy (non-hydrogen) atoms. The lowest BCUT2D eigenvalue weighted by molar-refractivity contribution is 0.118. The minimum absolute atomic E-state index is 0.123. The van der Waals surface area contributed by atoms with Crippen molar-refractivity contribution in [2.75, 3.05) is 22.8 Å². The van der Waals surface area contributed by atoms with Crippen LogP contribution in [0.2, 0.25) is 0 Å². The number of hydrogen-bond acceptors (Lipinski definition) is 5. The van der Waals surface area contributed by atoms with Crippen molar-refractivity contribution in [3.63, 3.8) is 0 Å². The SMILES string of the molecule is O=C(Nc1c2c(cc3c1CCC3)CCC2)NS(=O)(=O)N(C[C@@H]1CCCO1)c1cn[nH]c1. The number of nitrogens with zero attached hydrogens (tertiary/aromatic N) is 2. The van der Waals surface area contributed by atoms with Gasteiger partial charge in [-0.25, -0.2) is 13.8 Å². The second-order valence-electron chi connectivity index (χ2n) is 8.42. The van der Waals surface area contributed by atoms with Crippen molar-refractivity contribution in [2.45, 2.75) is 57.5 Å². The third kappa shape index (κ3) is 4.01. The van der Waals surface area contributed by atoms with Crippen molar-refractivity contribution < 1.29 is 17.9 Å². The number of amides is 2. The van der Waals surface area contributed by atoms with Gasteiger partial charge in [-0.05, 0) is 73.6 Å². The summed E-state index contributed by atoms with van der Waals surface area (Å²) in [6, 6.07) is 1.53. The highest BCUT2D eigenvalue weighted by atomic mass is 32.2. The highest BCUT2D eigenvalue weighted by molar-refractivity contribution is 7.91. The van der Waals surface area contributed by atoms with Crippen molar-refractivity contribution in [3.8, 4) is 0 Å². The number of aromatic amines is 1. The van der Waals surface area contributed by atoms with Gasteiger partial charge in [-0.2, -0.15) is 13.5 Å². The van der Waals surface area contributed by atoms with Crippen LogP contribution in [0.15, 0.2) is 18.5 Å². The summed E-state index contributed by atoms with van der Waals surface area (Å²) in [5.74, 6) is 0. The van der Waals surface area contributed by atoms with Crippen molar-refractivity contribution >= 4 is 27.6 Å². The summed E-state index contributed by atoms with van der Waals surface area (Å²) >= 11 is 0. The van der Waals surface area contributed by atoms with E-state index in [0.29, 0.717) is 12.3 Å². The Bertz CT molecular complexity index is 1050. The van der Waals surface area contributed by atoms with Crippen LogP contribution < -0.4 is 14.3 Å². The van der Waals surface area contributed by atoms with E-state index in [4.69, 9.17) is 4.74 Å². The van der Waals surface area contributed by atoms with E-state index in [1.165, 1.54) is 23.5 Å². The average molecular weight is 446 g/mol. The predicted octanol–water partition coefficient (Wildman–Crippen LogP) is 2.44. The summed E-state index contributed by atoms with van der Waals surface area (Å²) in [5, 5.41) is 9.37. The fourth-order valence-electron chi connectivity index (χ4n) is 4.97. The summed E-state index contributed by atoms with van der Waals surface area (Å²) in [6.45, 7) is 0.736. The molecule has 1 aliphatic heterocycles. The Morgan fingerprint density at radius 2 is 1.90 bits per heavy atom. The van der Waals surface area contributed by atoms with Crippen LogP contribution in [-0.2, 0) is 40.6 Å². The molecule has 1 atom stereocenters. The average Bonchev–Trinajstić information content (AvgIpc) is 3.53. The van der Waals surface area contributed by atoms with Gasteiger partial charge < -0.3 is 10.1 Å². The molecule has 5 rings (SSSR count). The predicted molar refractivity (Wildman–Crippen MR) is 116 cm³/mol. The molecular formula is C21H27N5O4S. The molecule has 1 saturated heterocycles. The lowest BCUT2D eigenvalue weighted by atomic mass is 9.99. The number of carbonyl (C=O) groups excluding carboxylic acids is 1. The van der Waals surface area contributed by atoms with E-state index in [1.54, 1.807) is 0 Å². The molecule has 10 heteroatoms. The van der Waals surface area contributed by atoms with E-state index in [9.17, 15) is 13.2 Å². The Morgan fingerprint density at radius 3 is 2.52 bits per heavy atom. The van der Waals surface area contributed by atoms with Gasteiger partial charge in [0.15, 0.2) is 0 Å². The number of aryl methyl sites for hydroxylation is 2. The standard InChI is InChI=1S/C21H27N5O4S/c27-21(24-20-18-7-1-4-14(18)10-15-5-2-8-19(15)20)25-31(28,29)26(16-11-22-23-12-16)13-17-6-3-9-30-17/h10-12,17H,1-9,13H2,(H,22,23)(H2,24,25,27)/t17-/m0/s1. The van der Waals surface area contributed by atoms with Gasteiger partial charge in [0.05, 0.1) is 24.5 Å². The molecule has 0 unspecified atom stereocenters. The summed E-state index contributed by atoms with van der Waals surface area (Å²) in [4.78, 5) is 12.9. The van der Waals surface area contributed by atoms with E-state index in [0.717, 1.165) is 72.5 Å². The molecule has 9 nitrogen and oxygen atoms in total. The van der Waals surface area contributed by atoms with Crippen LogP contribution >= 0.6 is 0 Å². The second-order valence-corrected chi connectivity index (χ2v) is 10.0. The van der Waals surface area contributed by atoms with Crippen LogP contribution in [0.1, 0.15) is 47.9 Å². The summed E-state index contributed by atoms with van der Waals surface area (Å²) < 4.78 is 35.2. The molecule has 2 amide bonds. The van der Waals surface area contributed by atoms with Gasteiger partial charge in [0.1, 0.15) is 0 Å². The zero-order valence-corrected chi connectivity index (χ0v) is 18.1. The normalized spacial score (nSPS) is 19.8. The topological polar surface area (TPSA) is 116 Å². The van der Waals surface area contributed by atoms with Crippen molar-refractivity contribution in [3.05, 3.63) is 40.7 Å². The molecule has 0 spiro atoms. The maximum absolute atomic E-state index is 13.1. The fraction of sp³-hybridized carbons (Fsp3) is 0.524. The summed E-state index contributed by atoms with van der Waals surface area (Å²) in [6.07, 6.45) is 10.3. The number of rotatable bonds is 6. The molecular weight excluding hydrogens is 418 g/mol. The fourth-order valence-corrected chi connectivity index (χ4v) is 6.11. The Hall–Kier alpha value is -2.59. The molecule has 2 heterocycles. The maximum atomic E-state index is 13.1.